The summed E-state index contributed by atoms with van der Waals surface area (Å²) in [6.07, 6.45) is -0.279. The maximum Gasteiger partial charge on any atom is 0.140 e. The molecule has 3 nitrogen and oxygen atoms in total. The first kappa shape index (κ1) is 15.0. The Balaban J connectivity index is 2.34. The molecule has 2 aromatic rings. The van der Waals surface area contributed by atoms with Gasteiger partial charge in [-0.25, -0.2) is 0 Å². The zero-order valence-electron chi connectivity index (χ0n) is 11.3. The molecule has 0 fully saturated rings. The van der Waals surface area contributed by atoms with E-state index in [1.165, 1.54) is 0 Å². The van der Waals surface area contributed by atoms with Crippen LogP contribution in [0.4, 0.5) is 0 Å². The first-order valence-corrected chi connectivity index (χ1v) is 7.28. The molecule has 0 bridgehead atoms. The third kappa shape index (κ3) is 3.39. The molecular weight excluding hydrogens is 318 g/mol. The van der Waals surface area contributed by atoms with E-state index in [1.807, 2.05) is 55.5 Å². The van der Waals surface area contributed by atoms with Gasteiger partial charge in [0.25, 0.3) is 0 Å². The monoisotopic (exact) mass is 335 g/mol. The summed E-state index contributed by atoms with van der Waals surface area (Å²) in [6, 6.07) is 15.1. The van der Waals surface area contributed by atoms with Gasteiger partial charge in [0, 0.05) is 21.6 Å². The summed E-state index contributed by atoms with van der Waals surface area (Å²) in [6.45, 7) is 1.85. The van der Waals surface area contributed by atoms with Gasteiger partial charge in [-0.2, -0.15) is 0 Å². The van der Waals surface area contributed by atoms with Gasteiger partial charge >= 0.3 is 0 Å². The number of hydrogen-bond donors (Lipinski definition) is 2. The largest absolute Gasteiger partial charge is 0.484 e. The SMILES string of the molecule is CC(N)C(Oc1ccccc1CO)c1ccccc1Br. The van der Waals surface area contributed by atoms with E-state index in [-0.39, 0.29) is 18.8 Å². The zero-order chi connectivity index (χ0) is 14.5. The Morgan fingerprint density at radius 2 is 1.80 bits per heavy atom. The highest BCUT2D eigenvalue weighted by Crippen LogP contribution is 2.31. The van der Waals surface area contributed by atoms with Crippen LogP contribution in [0, 0.1) is 0 Å². The average Bonchev–Trinajstić information content (AvgIpc) is 2.46. The maximum absolute atomic E-state index is 9.37. The van der Waals surface area contributed by atoms with E-state index in [0.717, 1.165) is 15.6 Å². The molecule has 2 rings (SSSR count). The molecule has 4 heteroatoms. The van der Waals surface area contributed by atoms with Crippen LogP contribution in [0.15, 0.2) is 53.0 Å². The second-order valence-corrected chi connectivity index (χ2v) is 5.54. The molecule has 0 saturated carbocycles. The van der Waals surface area contributed by atoms with Crippen LogP contribution < -0.4 is 10.5 Å². The molecule has 0 amide bonds. The molecule has 0 saturated heterocycles. The molecular formula is C16H18BrNO2. The summed E-state index contributed by atoms with van der Waals surface area (Å²) in [5.41, 5.74) is 7.82. The maximum atomic E-state index is 9.37. The molecule has 0 heterocycles. The van der Waals surface area contributed by atoms with Gasteiger partial charge in [-0.1, -0.05) is 52.3 Å². The van der Waals surface area contributed by atoms with E-state index in [9.17, 15) is 5.11 Å². The minimum atomic E-state index is -0.279. The number of hydrogen-bond acceptors (Lipinski definition) is 3. The normalized spacial score (nSPS) is 13.8. The molecule has 2 unspecified atom stereocenters. The van der Waals surface area contributed by atoms with Gasteiger partial charge in [0.05, 0.1) is 6.61 Å². The van der Waals surface area contributed by atoms with Gasteiger partial charge in [-0.05, 0) is 19.1 Å². The third-order valence-corrected chi connectivity index (χ3v) is 3.81. The number of halogens is 1. The van der Waals surface area contributed by atoms with Gasteiger partial charge < -0.3 is 15.6 Å². The number of para-hydroxylation sites is 1. The highest BCUT2D eigenvalue weighted by Gasteiger charge is 2.21. The molecule has 0 aliphatic carbocycles. The Morgan fingerprint density at radius 3 is 2.45 bits per heavy atom. The lowest BCUT2D eigenvalue weighted by Crippen LogP contribution is -2.29. The fraction of sp³-hybridized carbons (Fsp3) is 0.250. The molecule has 106 valence electrons. The standard InChI is InChI=1S/C16H18BrNO2/c1-11(18)16(13-7-3-4-8-14(13)17)20-15-9-5-2-6-12(15)10-19/h2-9,11,16,19H,10,18H2,1H3. The minimum Gasteiger partial charge on any atom is -0.484 e. The molecule has 0 spiro atoms. The molecule has 0 aliphatic rings. The van der Waals surface area contributed by atoms with Crippen LogP contribution in [0.3, 0.4) is 0 Å². The Morgan fingerprint density at radius 1 is 1.15 bits per heavy atom. The number of aliphatic hydroxyl groups excluding tert-OH is 1. The number of benzene rings is 2. The minimum absolute atomic E-state index is 0.0577. The first-order chi connectivity index (χ1) is 9.63. The molecule has 2 aromatic carbocycles. The smallest absolute Gasteiger partial charge is 0.140 e. The quantitative estimate of drug-likeness (QED) is 0.880. The molecule has 0 aliphatic heterocycles. The van der Waals surface area contributed by atoms with Crippen molar-refractivity contribution >= 4 is 15.9 Å². The lowest BCUT2D eigenvalue weighted by Gasteiger charge is -2.25. The Labute approximate surface area is 127 Å². The van der Waals surface area contributed by atoms with Crippen molar-refractivity contribution in [2.24, 2.45) is 5.73 Å². The highest BCUT2D eigenvalue weighted by molar-refractivity contribution is 9.10. The van der Waals surface area contributed by atoms with Gasteiger partial charge in [0.2, 0.25) is 0 Å². The number of nitrogens with two attached hydrogens (primary N) is 1. The molecule has 3 N–H and O–H groups in total. The summed E-state index contributed by atoms with van der Waals surface area (Å²) >= 11 is 3.53. The number of rotatable bonds is 5. The van der Waals surface area contributed by atoms with Crippen LogP contribution in [0.5, 0.6) is 5.75 Å². The topological polar surface area (TPSA) is 55.5 Å². The van der Waals surface area contributed by atoms with Crippen molar-refractivity contribution in [1.82, 2.24) is 0 Å². The number of aliphatic hydroxyl groups is 1. The predicted molar refractivity (Wildman–Crippen MR) is 83.5 cm³/mol. The van der Waals surface area contributed by atoms with Crippen molar-refractivity contribution < 1.29 is 9.84 Å². The fourth-order valence-electron chi connectivity index (χ4n) is 2.05. The van der Waals surface area contributed by atoms with Crippen molar-refractivity contribution in [3.8, 4) is 5.75 Å². The lowest BCUT2D eigenvalue weighted by atomic mass is 10.0. The van der Waals surface area contributed by atoms with Gasteiger partial charge in [-0.15, -0.1) is 0 Å². The first-order valence-electron chi connectivity index (χ1n) is 6.49. The van der Waals surface area contributed by atoms with Crippen LogP contribution in [0.2, 0.25) is 0 Å². The van der Waals surface area contributed by atoms with Crippen LogP contribution in [-0.4, -0.2) is 11.1 Å². The van der Waals surface area contributed by atoms with Crippen molar-refractivity contribution in [1.29, 1.82) is 0 Å². The fourth-order valence-corrected chi connectivity index (χ4v) is 2.56. The lowest BCUT2D eigenvalue weighted by molar-refractivity contribution is 0.172. The van der Waals surface area contributed by atoms with E-state index in [0.29, 0.717) is 5.75 Å². The summed E-state index contributed by atoms with van der Waals surface area (Å²) in [5.74, 6) is 0.660. The van der Waals surface area contributed by atoms with Crippen LogP contribution in [0.1, 0.15) is 24.2 Å². The van der Waals surface area contributed by atoms with Crippen LogP contribution in [0.25, 0.3) is 0 Å². The summed E-state index contributed by atoms with van der Waals surface area (Å²) in [5, 5.41) is 9.37. The van der Waals surface area contributed by atoms with E-state index in [4.69, 9.17) is 10.5 Å². The van der Waals surface area contributed by atoms with Crippen molar-refractivity contribution in [3.05, 3.63) is 64.1 Å². The average molecular weight is 336 g/mol. The van der Waals surface area contributed by atoms with Gasteiger partial charge in [-0.3, -0.25) is 0 Å². The van der Waals surface area contributed by atoms with Crippen LogP contribution >= 0.6 is 15.9 Å². The summed E-state index contributed by atoms with van der Waals surface area (Å²) < 4.78 is 7.01. The summed E-state index contributed by atoms with van der Waals surface area (Å²) in [4.78, 5) is 0. The third-order valence-electron chi connectivity index (χ3n) is 3.09. The Bertz CT molecular complexity index is 572. The van der Waals surface area contributed by atoms with Gasteiger partial charge in [0.15, 0.2) is 0 Å². The summed E-state index contributed by atoms with van der Waals surface area (Å²) in [7, 11) is 0. The molecule has 0 aromatic heterocycles. The Hall–Kier alpha value is -1.36. The van der Waals surface area contributed by atoms with E-state index < -0.39 is 0 Å². The zero-order valence-corrected chi connectivity index (χ0v) is 12.9. The van der Waals surface area contributed by atoms with Crippen molar-refractivity contribution in [2.45, 2.75) is 25.7 Å². The van der Waals surface area contributed by atoms with Crippen LogP contribution in [-0.2, 0) is 6.61 Å². The second-order valence-electron chi connectivity index (χ2n) is 4.68. The van der Waals surface area contributed by atoms with E-state index in [2.05, 4.69) is 15.9 Å². The second kappa shape index (κ2) is 6.88. The number of ether oxygens (including phenoxy) is 1. The van der Waals surface area contributed by atoms with Gasteiger partial charge in [0.1, 0.15) is 11.9 Å². The molecule has 0 radical (unpaired) electrons. The van der Waals surface area contributed by atoms with E-state index in [1.54, 1.807) is 0 Å². The molecule has 20 heavy (non-hydrogen) atoms. The van der Waals surface area contributed by atoms with Crippen molar-refractivity contribution in [3.63, 3.8) is 0 Å². The Kier molecular flexibility index (Phi) is 5.17. The van der Waals surface area contributed by atoms with E-state index >= 15 is 0 Å². The predicted octanol–water partition coefficient (Wildman–Crippen LogP) is 3.41. The molecule has 2 atom stereocenters. The van der Waals surface area contributed by atoms with Crippen molar-refractivity contribution in [2.75, 3.05) is 0 Å². The highest BCUT2D eigenvalue weighted by atomic mass is 79.9.